The van der Waals surface area contributed by atoms with E-state index in [0.29, 0.717) is 0 Å². The third kappa shape index (κ3) is 3.10. The van der Waals surface area contributed by atoms with Crippen LogP contribution in [-0.2, 0) is 6.54 Å². The molecule has 0 aliphatic carbocycles. The van der Waals surface area contributed by atoms with Crippen molar-refractivity contribution in [1.82, 2.24) is 0 Å². The minimum absolute atomic E-state index is 0.865. The van der Waals surface area contributed by atoms with Crippen molar-refractivity contribution < 1.29 is 0 Å². The van der Waals surface area contributed by atoms with Crippen LogP contribution in [0.1, 0.15) is 16.7 Å². The van der Waals surface area contributed by atoms with Gasteiger partial charge in [0.1, 0.15) is 0 Å². The molecule has 0 aromatic heterocycles. The van der Waals surface area contributed by atoms with Crippen molar-refractivity contribution in [2.75, 3.05) is 5.32 Å². The van der Waals surface area contributed by atoms with Crippen molar-refractivity contribution >= 4 is 21.6 Å². The van der Waals surface area contributed by atoms with Gasteiger partial charge in [0, 0.05) is 16.7 Å². The highest BCUT2D eigenvalue weighted by atomic mass is 79.9. The zero-order chi connectivity index (χ0) is 12.3. The van der Waals surface area contributed by atoms with E-state index in [1.807, 2.05) is 6.07 Å². The quantitative estimate of drug-likeness (QED) is 0.865. The number of nitrogens with one attached hydrogen (secondary N) is 1. The van der Waals surface area contributed by atoms with E-state index in [1.54, 1.807) is 0 Å². The molecule has 0 unspecified atom stereocenters. The molecule has 0 heterocycles. The first-order chi connectivity index (χ1) is 8.16. The van der Waals surface area contributed by atoms with E-state index in [9.17, 15) is 0 Å². The van der Waals surface area contributed by atoms with Gasteiger partial charge >= 0.3 is 0 Å². The van der Waals surface area contributed by atoms with Gasteiger partial charge in [-0.05, 0) is 42.7 Å². The van der Waals surface area contributed by atoms with Gasteiger partial charge in [-0.3, -0.25) is 0 Å². The van der Waals surface area contributed by atoms with Gasteiger partial charge in [-0.25, -0.2) is 0 Å². The van der Waals surface area contributed by atoms with Crippen LogP contribution in [0.25, 0.3) is 0 Å². The van der Waals surface area contributed by atoms with Crippen molar-refractivity contribution in [3.63, 3.8) is 0 Å². The lowest BCUT2D eigenvalue weighted by molar-refractivity contribution is 1.13. The third-order valence-electron chi connectivity index (χ3n) is 2.81. The third-order valence-corrected chi connectivity index (χ3v) is 3.27. The molecule has 2 rings (SSSR count). The topological polar surface area (TPSA) is 12.0 Å². The highest BCUT2D eigenvalue weighted by molar-refractivity contribution is 9.10. The average molecular weight is 290 g/mol. The molecule has 0 saturated carbocycles. The van der Waals surface area contributed by atoms with E-state index in [2.05, 4.69) is 71.5 Å². The van der Waals surface area contributed by atoms with Crippen LogP contribution in [-0.4, -0.2) is 0 Å². The number of anilines is 1. The van der Waals surface area contributed by atoms with Gasteiger partial charge in [-0.1, -0.05) is 46.3 Å². The minimum Gasteiger partial charge on any atom is -0.381 e. The Bertz CT molecular complexity index is 483. The number of rotatable bonds is 3. The van der Waals surface area contributed by atoms with Crippen LogP contribution in [0.2, 0.25) is 0 Å². The molecule has 2 aromatic rings. The molecule has 0 atom stereocenters. The van der Waals surface area contributed by atoms with Gasteiger partial charge < -0.3 is 5.32 Å². The summed E-state index contributed by atoms with van der Waals surface area (Å²) in [7, 11) is 0. The van der Waals surface area contributed by atoms with Crippen LogP contribution in [0.3, 0.4) is 0 Å². The molecule has 1 N–H and O–H groups in total. The molecular weight excluding hydrogens is 274 g/mol. The SMILES string of the molecule is Cc1cc(Br)cc(C)c1NCc1ccccc1. The Labute approximate surface area is 111 Å². The summed E-state index contributed by atoms with van der Waals surface area (Å²) in [4.78, 5) is 0. The molecule has 0 spiro atoms. The summed E-state index contributed by atoms with van der Waals surface area (Å²) in [6.07, 6.45) is 0. The van der Waals surface area contributed by atoms with E-state index in [4.69, 9.17) is 0 Å². The van der Waals surface area contributed by atoms with Gasteiger partial charge in [-0.2, -0.15) is 0 Å². The normalized spacial score (nSPS) is 10.3. The Kier molecular flexibility index (Phi) is 3.85. The molecular formula is C15H16BrN. The van der Waals surface area contributed by atoms with E-state index < -0.39 is 0 Å². The van der Waals surface area contributed by atoms with Crippen LogP contribution >= 0.6 is 15.9 Å². The highest BCUT2D eigenvalue weighted by Gasteiger charge is 2.03. The van der Waals surface area contributed by atoms with Gasteiger partial charge in [0.15, 0.2) is 0 Å². The molecule has 0 aliphatic heterocycles. The molecule has 0 aliphatic rings. The minimum atomic E-state index is 0.865. The lowest BCUT2D eigenvalue weighted by Gasteiger charge is -2.13. The van der Waals surface area contributed by atoms with Crippen LogP contribution < -0.4 is 5.32 Å². The molecule has 0 radical (unpaired) electrons. The second-order valence-corrected chi connectivity index (χ2v) is 5.17. The van der Waals surface area contributed by atoms with Crippen molar-refractivity contribution in [3.8, 4) is 0 Å². The fraction of sp³-hybridized carbons (Fsp3) is 0.200. The molecule has 0 amide bonds. The number of hydrogen-bond donors (Lipinski definition) is 1. The maximum Gasteiger partial charge on any atom is 0.0403 e. The lowest BCUT2D eigenvalue weighted by Crippen LogP contribution is -2.02. The summed E-state index contributed by atoms with van der Waals surface area (Å²) in [6.45, 7) is 5.13. The Balaban J connectivity index is 2.15. The molecule has 2 aromatic carbocycles. The first kappa shape index (κ1) is 12.2. The Hall–Kier alpha value is -1.28. The fourth-order valence-electron chi connectivity index (χ4n) is 1.98. The highest BCUT2D eigenvalue weighted by Crippen LogP contribution is 2.25. The maximum absolute atomic E-state index is 3.52. The number of aryl methyl sites for hydroxylation is 2. The molecule has 0 bridgehead atoms. The summed E-state index contributed by atoms with van der Waals surface area (Å²) in [5.41, 5.74) is 5.08. The average Bonchev–Trinajstić information content (AvgIpc) is 2.29. The van der Waals surface area contributed by atoms with Crippen LogP contribution in [0.5, 0.6) is 0 Å². The van der Waals surface area contributed by atoms with Crippen molar-refractivity contribution in [2.24, 2.45) is 0 Å². The van der Waals surface area contributed by atoms with Gasteiger partial charge in [0.05, 0.1) is 0 Å². The van der Waals surface area contributed by atoms with E-state index in [0.717, 1.165) is 11.0 Å². The first-order valence-corrected chi connectivity index (χ1v) is 6.50. The van der Waals surface area contributed by atoms with Crippen molar-refractivity contribution in [2.45, 2.75) is 20.4 Å². The zero-order valence-electron chi connectivity index (χ0n) is 10.1. The first-order valence-electron chi connectivity index (χ1n) is 5.71. The van der Waals surface area contributed by atoms with Crippen molar-refractivity contribution in [1.29, 1.82) is 0 Å². The monoisotopic (exact) mass is 289 g/mol. The standard InChI is InChI=1S/C15H16BrN/c1-11-8-14(16)9-12(2)15(11)17-10-13-6-4-3-5-7-13/h3-9,17H,10H2,1-2H3. The Morgan fingerprint density at radius 1 is 1.00 bits per heavy atom. The number of hydrogen-bond acceptors (Lipinski definition) is 1. The second-order valence-electron chi connectivity index (χ2n) is 4.25. The van der Waals surface area contributed by atoms with Gasteiger partial charge in [0.2, 0.25) is 0 Å². The summed E-state index contributed by atoms with van der Waals surface area (Å²) < 4.78 is 1.14. The van der Waals surface area contributed by atoms with Crippen molar-refractivity contribution in [3.05, 3.63) is 63.6 Å². The zero-order valence-corrected chi connectivity index (χ0v) is 11.7. The lowest BCUT2D eigenvalue weighted by atomic mass is 10.1. The van der Waals surface area contributed by atoms with E-state index >= 15 is 0 Å². The molecule has 88 valence electrons. The van der Waals surface area contributed by atoms with Gasteiger partial charge in [0.25, 0.3) is 0 Å². The molecule has 1 nitrogen and oxygen atoms in total. The molecule has 2 heteroatoms. The molecule has 17 heavy (non-hydrogen) atoms. The largest absolute Gasteiger partial charge is 0.381 e. The predicted molar refractivity (Wildman–Crippen MR) is 77.4 cm³/mol. The predicted octanol–water partition coefficient (Wildman–Crippen LogP) is 4.68. The summed E-state index contributed by atoms with van der Waals surface area (Å²) in [5, 5.41) is 3.50. The Morgan fingerprint density at radius 3 is 2.18 bits per heavy atom. The van der Waals surface area contributed by atoms with Crippen LogP contribution in [0.4, 0.5) is 5.69 Å². The number of halogens is 1. The summed E-state index contributed by atoms with van der Waals surface area (Å²) in [6, 6.07) is 14.7. The Morgan fingerprint density at radius 2 is 1.59 bits per heavy atom. The maximum atomic E-state index is 3.52. The number of benzene rings is 2. The summed E-state index contributed by atoms with van der Waals surface area (Å²) >= 11 is 3.52. The van der Waals surface area contributed by atoms with Crippen LogP contribution in [0, 0.1) is 13.8 Å². The van der Waals surface area contributed by atoms with Crippen LogP contribution in [0.15, 0.2) is 46.9 Å². The van der Waals surface area contributed by atoms with Gasteiger partial charge in [-0.15, -0.1) is 0 Å². The summed E-state index contributed by atoms with van der Waals surface area (Å²) in [5.74, 6) is 0. The smallest absolute Gasteiger partial charge is 0.0403 e. The molecule has 0 fully saturated rings. The molecule has 0 saturated heterocycles. The van der Waals surface area contributed by atoms with E-state index in [-0.39, 0.29) is 0 Å². The van der Waals surface area contributed by atoms with E-state index in [1.165, 1.54) is 22.4 Å². The second kappa shape index (κ2) is 5.37. The fourth-order valence-corrected chi connectivity index (χ4v) is 2.66.